The zero-order valence-electron chi connectivity index (χ0n) is 24.8. The molecule has 0 saturated heterocycles. The number of benzene rings is 1. The molecule has 2 aromatic rings. The lowest BCUT2D eigenvalue weighted by atomic mass is 9.88. The van der Waals surface area contributed by atoms with Crippen molar-refractivity contribution in [3.63, 3.8) is 0 Å². The number of nitrogens with one attached hydrogen (secondary N) is 1. The lowest BCUT2D eigenvalue weighted by Gasteiger charge is -2.28. The maximum Gasteiger partial charge on any atom is 0.258 e. The number of nitrogens with zero attached hydrogens (tertiary/aromatic N) is 4. The molecule has 3 aliphatic rings. The number of imidazole rings is 1. The monoisotopic (exact) mass is 563 g/mol. The summed E-state index contributed by atoms with van der Waals surface area (Å²) >= 11 is 0. The van der Waals surface area contributed by atoms with Gasteiger partial charge in [0.05, 0.1) is 6.54 Å². The van der Waals surface area contributed by atoms with Crippen LogP contribution in [0.1, 0.15) is 61.1 Å². The predicted octanol–water partition coefficient (Wildman–Crippen LogP) is 6.48. The molecule has 1 aromatic heterocycles. The Bertz CT molecular complexity index is 1470. The maximum absolute atomic E-state index is 13.7. The molecule has 0 saturated carbocycles. The van der Waals surface area contributed by atoms with Gasteiger partial charge < -0.3 is 14.8 Å². The van der Waals surface area contributed by atoms with E-state index in [1.54, 1.807) is 0 Å². The van der Waals surface area contributed by atoms with Gasteiger partial charge in [-0.05, 0) is 93.5 Å². The van der Waals surface area contributed by atoms with E-state index in [9.17, 15) is 9.59 Å². The fourth-order valence-corrected chi connectivity index (χ4v) is 5.59. The van der Waals surface area contributed by atoms with Crippen LogP contribution in [-0.2, 0) is 18.4 Å². The first-order chi connectivity index (χ1) is 20.5. The summed E-state index contributed by atoms with van der Waals surface area (Å²) < 4.78 is 2.03. The van der Waals surface area contributed by atoms with Crippen LogP contribution in [0.25, 0.3) is 0 Å². The largest absolute Gasteiger partial charge is 0.337 e. The number of aryl methyl sites for hydroxylation is 1. The molecule has 0 aliphatic heterocycles. The van der Waals surface area contributed by atoms with Crippen molar-refractivity contribution in [1.82, 2.24) is 19.4 Å². The van der Waals surface area contributed by atoms with Crippen molar-refractivity contribution in [3.8, 4) is 0 Å². The molecular formula is C35H41N5O2. The number of carbonyl (C=O) groups is 2. The number of anilines is 1. The van der Waals surface area contributed by atoms with Gasteiger partial charge in [0, 0.05) is 55.1 Å². The SMILES string of the molecule is CN(CCCN(C(=O)c1ccc(NC(=O)C2=CCCC=C2C2=CCCC=C2)cc1)C1=CC=CCC1)Cc1nccn1C. The standard InChI is InChI=1S/C35H41N5O2/c1-38(26-33-36-22-25-39(33)2)23-11-24-40(30-14-7-4-8-15-30)35(42)28-18-20-29(21-19-28)37-34(41)32-17-10-9-16-31(32)27-12-5-3-6-13-27/h4-5,7,12-14,16-22,25H,3,6,8-11,15,23-24,26H2,1-2H3,(H,37,41). The summed E-state index contributed by atoms with van der Waals surface area (Å²) in [4.78, 5) is 35.6. The van der Waals surface area contributed by atoms with Gasteiger partial charge in [0.15, 0.2) is 0 Å². The lowest BCUT2D eigenvalue weighted by Crippen LogP contribution is -2.33. The highest BCUT2D eigenvalue weighted by molar-refractivity contribution is 6.08. The van der Waals surface area contributed by atoms with Crippen molar-refractivity contribution < 1.29 is 9.59 Å². The molecule has 1 aromatic carbocycles. The first kappa shape index (κ1) is 29.3. The number of hydrogen-bond donors (Lipinski definition) is 1. The zero-order chi connectivity index (χ0) is 29.3. The van der Waals surface area contributed by atoms with Gasteiger partial charge in [-0.25, -0.2) is 4.98 Å². The van der Waals surface area contributed by atoms with Crippen LogP contribution < -0.4 is 5.32 Å². The smallest absolute Gasteiger partial charge is 0.258 e. The second kappa shape index (κ2) is 14.1. The highest BCUT2D eigenvalue weighted by Crippen LogP contribution is 2.30. The minimum Gasteiger partial charge on any atom is -0.337 e. The van der Waals surface area contributed by atoms with Gasteiger partial charge in [-0.2, -0.15) is 0 Å². The van der Waals surface area contributed by atoms with Gasteiger partial charge in [0.1, 0.15) is 5.82 Å². The quantitative estimate of drug-likeness (QED) is 0.340. The molecule has 0 spiro atoms. The topological polar surface area (TPSA) is 70.5 Å². The predicted molar refractivity (Wildman–Crippen MR) is 169 cm³/mol. The summed E-state index contributed by atoms with van der Waals surface area (Å²) in [5.41, 5.74) is 5.19. The van der Waals surface area contributed by atoms with Crippen molar-refractivity contribution in [3.05, 3.63) is 119 Å². The van der Waals surface area contributed by atoms with Gasteiger partial charge in [-0.1, -0.05) is 42.5 Å². The summed E-state index contributed by atoms with van der Waals surface area (Å²) in [6, 6.07) is 7.28. The molecule has 0 atom stereocenters. The molecule has 7 nitrogen and oxygen atoms in total. The second-order valence-electron chi connectivity index (χ2n) is 11.1. The van der Waals surface area contributed by atoms with Gasteiger partial charge in [-0.15, -0.1) is 0 Å². The molecule has 0 unspecified atom stereocenters. The third-order valence-corrected chi connectivity index (χ3v) is 7.93. The minimum atomic E-state index is -0.115. The Labute approximate surface area is 249 Å². The first-order valence-corrected chi connectivity index (χ1v) is 15.0. The second-order valence-corrected chi connectivity index (χ2v) is 11.1. The number of aromatic nitrogens is 2. The van der Waals surface area contributed by atoms with Crippen LogP contribution in [0.3, 0.4) is 0 Å². The van der Waals surface area contributed by atoms with Crippen molar-refractivity contribution in [1.29, 1.82) is 0 Å². The first-order valence-electron chi connectivity index (χ1n) is 15.0. The maximum atomic E-state index is 13.7. The Morgan fingerprint density at radius 3 is 2.50 bits per heavy atom. The van der Waals surface area contributed by atoms with E-state index in [0.29, 0.717) is 17.8 Å². The van der Waals surface area contributed by atoms with Crippen LogP contribution in [0.15, 0.2) is 108 Å². The third-order valence-electron chi connectivity index (χ3n) is 7.93. The van der Waals surface area contributed by atoms with E-state index < -0.39 is 0 Å². The summed E-state index contributed by atoms with van der Waals surface area (Å²) in [5.74, 6) is 0.889. The van der Waals surface area contributed by atoms with Crippen LogP contribution in [0, 0.1) is 0 Å². The van der Waals surface area contributed by atoms with Crippen molar-refractivity contribution in [2.75, 3.05) is 25.5 Å². The fourth-order valence-electron chi connectivity index (χ4n) is 5.59. The third kappa shape index (κ3) is 7.34. The minimum absolute atomic E-state index is 0.0163. The summed E-state index contributed by atoms with van der Waals surface area (Å²) in [6.07, 6.45) is 27.1. The van der Waals surface area contributed by atoms with Crippen LogP contribution >= 0.6 is 0 Å². The molecule has 0 radical (unpaired) electrons. The molecule has 7 heteroatoms. The molecule has 218 valence electrons. The Morgan fingerprint density at radius 2 is 1.79 bits per heavy atom. The highest BCUT2D eigenvalue weighted by atomic mass is 16.2. The van der Waals surface area contributed by atoms with Gasteiger partial charge >= 0.3 is 0 Å². The lowest BCUT2D eigenvalue weighted by molar-refractivity contribution is -0.112. The van der Waals surface area contributed by atoms with E-state index in [2.05, 4.69) is 52.6 Å². The molecule has 1 heterocycles. The van der Waals surface area contributed by atoms with Crippen molar-refractivity contribution >= 4 is 17.5 Å². The normalized spacial score (nSPS) is 16.5. The molecule has 0 bridgehead atoms. The fraction of sp³-hybridized carbons (Fsp3) is 0.343. The average Bonchev–Trinajstić information content (AvgIpc) is 3.43. The van der Waals surface area contributed by atoms with E-state index in [4.69, 9.17) is 0 Å². The van der Waals surface area contributed by atoms with E-state index in [0.717, 1.165) is 86.3 Å². The van der Waals surface area contributed by atoms with Crippen LogP contribution in [0.2, 0.25) is 0 Å². The number of rotatable bonds is 11. The summed E-state index contributed by atoms with van der Waals surface area (Å²) in [7, 11) is 4.09. The average molecular weight is 564 g/mol. The van der Waals surface area contributed by atoms with Gasteiger partial charge in [0.2, 0.25) is 0 Å². The van der Waals surface area contributed by atoms with Crippen LogP contribution in [-0.4, -0.2) is 51.3 Å². The Morgan fingerprint density at radius 1 is 0.976 bits per heavy atom. The molecule has 5 rings (SSSR count). The highest BCUT2D eigenvalue weighted by Gasteiger charge is 2.22. The van der Waals surface area contributed by atoms with Crippen molar-refractivity contribution in [2.24, 2.45) is 7.05 Å². The Kier molecular flexibility index (Phi) is 9.82. The molecular weight excluding hydrogens is 522 g/mol. The van der Waals surface area contributed by atoms with Crippen LogP contribution in [0.5, 0.6) is 0 Å². The van der Waals surface area contributed by atoms with E-state index in [1.807, 2.05) is 71.4 Å². The number of amides is 2. The Balaban J connectivity index is 1.22. The molecule has 3 aliphatic carbocycles. The van der Waals surface area contributed by atoms with E-state index in [-0.39, 0.29) is 11.8 Å². The van der Waals surface area contributed by atoms with E-state index >= 15 is 0 Å². The number of hydrogen-bond acceptors (Lipinski definition) is 4. The number of allylic oxidation sites excluding steroid dienone is 10. The van der Waals surface area contributed by atoms with Gasteiger partial charge in [0.25, 0.3) is 11.8 Å². The molecule has 2 amide bonds. The van der Waals surface area contributed by atoms with E-state index in [1.165, 1.54) is 0 Å². The molecule has 0 fully saturated rings. The van der Waals surface area contributed by atoms with Crippen molar-refractivity contribution in [2.45, 2.75) is 51.5 Å². The summed E-state index contributed by atoms with van der Waals surface area (Å²) in [5, 5.41) is 3.05. The number of carbonyl (C=O) groups excluding carboxylic acids is 2. The molecule has 1 N–H and O–H groups in total. The van der Waals surface area contributed by atoms with Crippen LogP contribution in [0.4, 0.5) is 5.69 Å². The zero-order valence-corrected chi connectivity index (χ0v) is 24.8. The van der Waals surface area contributed by atoms with Gasteiger partial charge in [-0.3, -0.25) is 14.5 Å². The molecule has 42 heavy (non-hydrogen) atoms. The summed E-state index contributed by atoms with van der Waals surface area (Å²) in [6.45, 7) is 2.25. The Hall–Kier alpha value is -4.23.